The summed E-state index contributed by atoms with van der Waals surface area (Å²) < 4.78 is 5.60. The van der Waals surface area contributed by atoms with Crippen LogP contribution in [0.25, 0.3) is 11.0 Å². The summed E-state index contributed by atoms with van der Waals surface area (Å²) in [4.78, 5) is 26.5. The molecule has 1 spiro atoms. The highest BCUT2D eigenvalue weighted by molar-refractivity contribution is 6.06. The molecule has 5 heteroatoms. The molecule has 3 heterocycles. The van der Waals surface area contributed by atoms with Crippen molar-refractivity contribution in [2.75, 3.05) is 19.6 Å². The average Bonchev–Trinajstić information content (AvgIpc) is 3.18. The summed E-state index contributed by atoms with van der Waals surface area (Å²) >= 11 is 0. The molecule has 2 aliphatic rings. The molecule has 2 amide bonds. The summed E-state index contributed by atoms with van der Waals surface area (Å²) in [5.41, 5.74) is 2.66. The summed E-state index contributed by atoms with van der Waals surface area (Å²) in [6, 6.07) is 6.07. The number of carbonyl (C=O) groups excluding carboxylic acids is 2. The van der Waals surface area contributed by atoms with Gasteiger partial charge < -0.3 is 14.6 Å². The number of hydrogen-bond donors (Lipinski definition) is 1. The van der Waals surface area contributed by atoms with Gasteiger partial charge in [0.15, 0.2) is 0 Å². The van der Waals surface area contributed by atoms with Crippen molar-refractivity contribution in [3.8, 4) is 0 Å². The van der Waals surface area contributed by atoms with Crippen LogP contribution in [-0.2, 0) is 4.79 Å². The van der Waals surface area contributed by atoms with Gasteiger partial charge in [-0.1, -0.05) is 19.9 Å². The molecule has 0 unspecified atom stereocenters. The lowest BCUT2D eigenvalue weighted by Crippen LogP contribution is -2.44. The third-order valence-electron chi connectivity index (χ3n) is 5.80. The zero-order valence-electron chi connectivity index (χ0n) is 14.8. The van der Waals surface area contributed by atoms with Gasteiger partial charge in [-0.2, -0.15) is 0 Å². The molecule has 2 aliphatic heterocycles. The Bertz CT molecular complexity index is 829. The zero-order valence-corrected chi connectivity index (χ0v) is 14.8. The van der Waals surface area contributed by atoms with Crippen molar-refractivity contribution < 1.29 is 14.0 Å². The molecule has 132 valence electrons. The van der Waals surface area contributed by atoms with Gasteiger partial charge in [0.2, 0.25) is 5.91 Å². The fraction of sp³-hybridized carbons (Fsp3) is 0.500. The molecule has 2 fully saturated rings. The van der Waals surface area contributed by atoms with Crippen LogP contribution in [0.4, 0.5) is 0 Å². The highest BCUT2D eigenvalue weighted by atomic mass is 16.3. The Kier molecular flexibility index (Phi) is 3.82. The molecule has 0 saturated carbocycles. The van der Waals surface area contributed by atoms with Crippen molar-refractivity contribution in [3.05, 3.63) is 35.6 Å². The minimum atomic E-state index is 0.0341. The molecule has 1 aromatic carbocycles. The van der Waals surface area contributed by atoms with Crippen molar-refractivity contribution in [2.45, 2.75) is 39.0 Å². The minimum absolute atomic E-state index is 0.0341. The van der Waals surface area contributed by atoms with Crippen LogP contribution in [-0.4, -0.2) is 36.3 Å². The normalized spacial score (nSPS) is 19.8. The largest absolute Gasteiger partial charge is 0.463 e. The summed E-state index contributed by atoms with van der Waals surface area (Å²) in [5, 5.41) is 3.83. The van der Waals surface area contributed by atoms with Gasteiger partial charge in [-0.25, -0.2) is 0 Å². The maximum absolute atomic E-state index is 13.0. The van der Waals surface area contributed by atoms with Crippen LogP contribution in [0.3, 0.4) is 0 Å². The van der Waals surface area contributed by atoms with Crippen LogP contribution < -0.4 is 5.32 Å². The predicted molar refractivity (Wildman–Crippen MR) is 95.5 cm³/mol. The summed E-state index contributed by atoms with van der Waals surface area (Å²) in [5.74, 6) is 0.582. The van der Waals surface area contributed by atoms with E-state index in [2.05, 4.69) is 31.3 Å². The number of hydrogen-bond acceptors (Lipinski definition) is 3. The molecule has 4 rings (SSSR count). The van der Waals surface area contributed by atoms with E-state index in [9.17, 15) is 9.59 Å². The fourth-order valence-electron chi connectivity index (χ4n) is 4.03. The number of amides is 2. The van der Waals surface area contributed by atoms with Crippen LogP contribution in [0.5, 0.6) is 0 Å². The van der Waals surface area contributed by atoms with Gasteiger partial charge in [0, 0.05) is 31.4 Å². The van der Waals surface area contributed by atoms with Crippen LogP contribution in [0.2, 0.25) is 0 Å². The maximum Gasteiger partial charge on any atom is 0.257 e. The zero-order chi connectivity index (χ0) is 17.6. The first-order valence-corrected chi connectivity index (χ1v) is 9.05. The summed E-state index contributed by atoms with van der Waals surface area (Å²) in [6.45, 7) is 6.43. The molecular weight excluding hydrogens is 316 g/mol. The van der Waals surface area contributed by atoms with E-state index in [0.717, 1.165) is 30.4 Å². The first kappa shape index (κ1) is 16.2. The Morgan fingerprint density at radius 3 is 2.68 bits per heavy atom. The van der Waals surface area contributed by atoms with Crippen LogP contribution in [0, 0.1) is 5.41 Å². The standard InChI is InChI=1S/C20H24N2O3/c1-13(2)14-3-4-17-15(9-14)16(11-25-17)19(24)22-7-5-20(6-8-22)10-18(23)21-12-20/h3-4,9,11,13H,5-8,10,12H2,1-2H3,(H,21,23). The quantitative estimate of drug-likeness (QED) is 0.912. The molecule has 0 bridgehead atoms. The molecule has 0 radical (unpaired) electrons. The van der Waals surface area contributed by atoms with Crippen molar-refractivity contribution in [3.63, 3.8) is 0 Å². The van der Waals surface area contributed by atoms with Crippen molar-refractivity contribution in [1.82, 2.24) is 10.2 Å². The van der Waals surface area contributed by atoms with Gasteiger partial charge in [0.05, 0.1) is 5.56 Å². The number of likely N-dealkylation sites (tertiary alicyclic amines) is 1. The van der Waals surface area contributed by atoms with E-state index in [-0.39, 0.29) is 17.2 Å². The van der Waals surface area contributed by atoms with Crippen molar-refractivity contribution in [2.24, 2.45) is 5.41 Å². The fourth-order valence-corrected chi connectivity index (χ4v) is 4.03. The van der Waals surface area contributed by atoms with Gasteiger partial charge in [-0.15, -0.1) is 0 Å². The minimum Gasteiger partial charge on any atom is -0.463 e. The number of benzene rings is 1. The van der Waals surface area contributed by atoms with E-state index in [1.54, 1.807) is 6.26 Å². The Morgan fingerprint density at radius 2 is 2.04 bits per heavy atom. The third kappa shape index (κ3) is 2.81. The van der Waals surface area contributed by atoms with Gasteiger partial charge in [-0.05, 0) is 41.9 Å². The lowest BCUT2D eigenvalue weighted by Gasteiger charge is -2.38. The van der Waals surface area contributed by atoms with E-state index >= 15 is 0 Å². The first-order chi connectivity index (χ1) is 12.0. The number of rotatable bonds is 2. The molecule has 0 atom stereocenters. The number of piperidine rings is 1. The van der Waals surface area contributed by atoms with E-state index in [1.807, 2.05) is 11.0 Å². The Balaban J connectivity index is 1.54. The lowest BCUT2D eigenvalue weighted by atomic mass is 9.77. The number of fused-ring (bicyclic) bond motifs is 1. The highest BCUT2D eigenvalue weighted by Crippen LogP contribution is 2.38. The third-order valence-corrected chi connectivity index (χ3v) is 5.80. The molecule has 2 aromatic rings. The molecule has 1 N–H and O–H groups in total. The topological polar surface area (TPSA) is 62.6 Å². The second-order valence-corrected chi connectivity index (χ2v) is 7.81. The SMILES string of the molecule is CC(C)c1ccc2occ(C(=O)N3CCC4(CC3)CNC(=O)C4)c2c1. The molecule has 1 aromatic heterocycles. The summed E-state index contributed by atoms with van der Waals surface area (Å²) in [6.07, 6.45) is 3.94. The van der Waals surface area contributed by atoms with E-state index < -0.39 is 0 Å². The second-order valence-electron chi connectivity index (χ2n) is 7.81. The molecular formula is C20H24N2O3. The first-order valence-electron chi connectivity index (χ1n) is 9.05. The van der Waals surface area contributed by atoms with Crippen molar-refractivity contribution in [1.29, 1.82) is 0 Å². The van der Waals surface area contributed by atoms with Crippen LogP contribution in [0.1, 0.15) is 54.9 Å². The van der Waals surface area contributed by atoms with Crippen LogP contribution >= 0.6 is 0 Å². The number of nitrogens with zero attached hydrogens (tertiary/aromatic N) is 1. The predicted octanol–water partition coefficient (Wildman–Crippen LogP) is 3.30. The van der Waals surface area contributed by atoms with Crippen LogP contribution in [0.15, 0.2) is 28.9 Å². The smallest absolute Gasteiger partial charge is 0.257 e. The molecule has 5 nitrogen and oxygen atoms in total. The Hall–Kier alpha value is -2.30. The van der Waals surface area contributed by atoms with Gasteiger partial charge in [-0.3, -0.25) is 9.59 Å². The molecule has 25 heavy (non-hydrogen) atoms. The maximum atomic E-state index is 13.0. The van der Waals surface area contributed by atoms with E-state index in [0.29, 0.717) is 31.0 Å². The summed E-state index contributed by atoms with van der Waals surface area (Å²) in [7, 11) is 0. The molecule has 0 aliphatic carbocycles. The monoisotopic (exact) mass is 340 g/mol. The highest BCUT2D eigenvalue weighted by Gasteiger charge is 2.41. The Labute approximate surface area is 147 Å². The van der Waals surface area contributed by atoms with Crippen molar-refractivity contribution >= 4 is 22.8 Å². The van der Waals surface area contributed by atoms with E-state index in [1.165, 1.54) is 5.56 Å². The lowest BCUT2D eigenvalue weighted by molar-refractivity contribution is -0.119. The average molecular weight is 340 g/mol. The Morgan fingerprint density at radius 1 is 1.28 bits per heavy atom. The second kappa shape index (κ2) is 5.90. The number of nitrogens with one attached hydrogen (secondary N) is 1. The van der Waals surface area contributed by atoms with Gasteiger partial charge in [0.1, 0.15) is 11.8 Å². The van der Waals surface area contributed by atoms with Gasteiger partial charge >= 0.3 is 0 Å². The number of furan rings is 1. The van der Waals surface area contributed by atoms with Gasteiger partial charge in [0.25, 0.3) is 5.91 Å². The number of carbonyl (C=O) groups is 2. The molecule has 2 saturated heterocycles. The van der Waals surface area contributed by atoms with E-state index in [4.69, 9.17) is 4.42 Å².